The highest BCUT2D eigenvalue weighted by molar-refractivity contribution is 5.14. The Labute approximate surface area is 171 Å². The molecule has 0 radical (unpaired) electrons. The first-order valence-corrected chi connectivity index (χ1v) is 12.0. The summed E-state index contributed by atoms with van der Waals surface area (Å²) in [5.74, 6) is 0. The third kappa shape index (κ3) is 21.3. The lowest BCUT2D eigenvalue weighted by atomic mass is 10.0. The van der Waals surface area contributed by atoms with Gasteiger partial charge in [-0.2, -0.15) is 0 Å². The lowest BCUT2D eigenvalue weighted by molar-refractivity contribution is 0.130. The molecule has 1 heteroatoms. The molecule has 0 bridgehead atoms. The Kier molecular flexibility index (Phi) is 22.5. The predicted octanol–water partition coefficient (Wildman–Crippen LogP) is 8.75. The Balaban J connectivity index is 0.00000210. The summed E-state index contributed by atoms with van der Waals surface area (Å²) in [6, 6.07) is 10.9. The van der Waals surface area contributed by atoms with Crippen LogP contribution in [0.3, 0.4) is 0 Å². The quantitative estimate of drug-likeness (QED) is 0.247. The molecule has 1 rings (SSSR count). The summed E-state index contributed by atoms with van der Waals surface area (Å²) in [6.07, 6.45) is 20.4. The average molecular weight is 377 g/mol. The van der Waals surface area contributed by atoms with Crippen molar-refractivity contribution >= 4 is 0 Å². The summed E-state index contributed by atoms with van der Waals surface area (Å²) in [5.41, 5.74) is 1.49. The van der Waals surface area contributed by atoms with E-state index in [2.05, 4.69) is 51.1 Å². The summed E-state index contributed by atoms with van der Waals surface area (Å²) in [6.45, 7) is 8.33. The molecule has 1 aromatic rings. The molecule has 0 saturated carbocycles. The molecule has 0 aliphatic rings. The van der Waals surface area contributed by atoms with Gasteiger partial charge in [0.2, 0.25) is 0 Å². The van der Waals surface area contributed by atoms with Crippen molar-refractivity contribution in [2.75, 3.05) is 13.2 Å². The van der Waals surface area contributed by atoms with Crippen molar-refractivity contribution in [3.63, 3.8) is 0 Å². The molecule has 0 aliphatic heterocycles. The number of hydrogen-bond donors (Lipinski definition) is 0. The Morgan fingerprint density at radius 1 is 0.556 bits per heavy atom. The van der Waals surface area contributed by atoms with Crippen LogP contribution in [-0.2, 0) is 11.2 Å². The minimum Gasteiger partial charge on any atom is -0.381 e. The van der Waals surface area contributed by atoms with Gasteiger partial charge < -0.3 is 4.74 Å². The van der Waals surface area contributed by atoms with E-state index in [0.29, 0.717) is 0 Å². The smallest absolute Gasteiger partial charge is 0.0466 e. The van der Waals surface area contributed by atoms with Crippen LogP contribution in [0.2, 0.25) is 0 Å². The van der Waals surface area contributed by atoms with Crippen molar-refractivity contribution in [2.45, 2.75) is 117 Å². The SMILES string of the molecule is CCC.CCCOCCCCCCCCCCCCCCc1ccccc1. The zero-order chi connectivity index (χ0) is 19.8. The van der Waals surface area contributed by atoms with E-state index in [4.69, 9.17) is 4.74 Å². The first-order chi connectivity index (χ1) is 13.3. The Hall–Kier alpha value is -0.820. The highest BCUT2D eigenvalue weighted by Crippen LogP contribution is 2.13. The van der Waals surface area contributed by atoms with Crippen LogP contribution in [0.15, 0.2) is 30.3 Å². The highest BCUT2D eigenvalue weighted by Gasteiger charge is 1.95. The third-order valence-corrected chi connectivity index (χ3v) is 4.70. The van der Waals surface area contributed by atoms with Crippen LogP contribution >= 0.6 is 0 Å². The fourth-order valence-electron chi connectivity index (χ4n) is 3.19. The Morgan fingerprint density at radius 2 is 1.00 bits per heavy atom. The molecule has 27 heavy (non-hydrogen) atoms. The second-order valence-electron chi connectivity index (χ2n) is 7.80. The maximum Gasteiger partial charge on any atom is 0.0466 e. The Bertz CT molecular complexity index is 360. The highest BCUT2D eigenvalue weighted by atomic mass is 16.5. The molecule has 0 aliphatic carbocycles. The van der Waals surface area contributed by atoms with Crippen LogP contribution in [0.5, 0.6) is 0 Å². The first-order valence-electron chi connectivity index (χ1n) is 12.0. The van der Waals surface area contributed by atoms with Gasteiger partial charge >= 0.3 is 0 Å². The van der Waals surface area contributed by atoms with Crippen LogP contribution in [-0.4, -0.2) is 13.2 Å². The standard InChI is InChI=1S/C23H40O.C3H8/c1-2-21-24-22-17-12-10-8-6-4-3-5-7-9-11-14-18-23-19-15-13-16-20-23;1-3-2/h13,15-16,19-20H,2-12,14,17-18,21-22H2,1H3;3H2,1-2H3. The normalized spacial score (nSPS) is 10.5. The minimum absolute atomic E-state index is 0.937. The monoisotopic (exact) mass is 376 g/mol. The van der Waals surface area contributed by atoms with Gasteiger partial charge in [0.05, 0.1) is 0 Å². The van der Waals surface area contributed by atoms with Crippen molar-refractivity contribution in [3.05, 3.63) is 35.9 Å². The molecule has 0 spiro atoms. The summed E-state index contributed by atoms with van der Waals surface area (Å²) < 4.78 is 5.51. The number of unbranched alkanes of at least 4 members (excludes halogenated alkanes) is 11. The van der Waals surface area contributed by atoms with Gasteiger partial charge in [0.25, 0.3) is 0 Å². The van der Waals surface area contributed by atoms with Gasteiger partial charge in [0, 0.05) is 13.2 Å². The Morgan fingerprint density at radius 3 is 1.48 bits per heavy atom. The van der Waals surface area contributed by atoms with Crippen molar-refractivity contribution in [2.24, 2.45) is 0 Å². The zero-order valence-corrected chi connectivity index (χ0v) is 18.8. The van der Waals surface area contributed by atoms with E-state index in [1.807, 2.05) is 0 Å². The van der Waals surface area contributed by atoms with Gasteiger partial charge in [0.15, 0.2) is 0 Å². The fourth-order valence-corrected chi connectivity index (χ4v) is 3.19. The molecule has 0 heterocycles. The van der Waals surface area contributed by atoms with Crippen molar-refractivity contribution < 1.29 is 4.74 Å². The minimum atomic E-state index is 0.937. The molecule has 1 aromatic carbocycles. The molecule has 0 amide bonds. The molecular formula is C26H48O. The maximum atomic E-state index is 5.51. The summed E-state index contributed by atoms with van der Waals surface area (Å²) in [7, 11) is 0. The number of aryl methyl sites for hydroxylation is 1. The first kappa shape index (κ1) is 26.2. The van der Waals surface area contributed by atoms with E-state index >= 15 is 0 Å². The predicted molar refractivity (Wildman–Crippen MR) is 123 cm³/mol. The van der Waals surface area contributed by atoms with E-state index in [-0.39, 0.29) is 0 Å². The topological polar surface area (TPSA) is 9.23 Å². The molecule has 0 saturated heterocycles. The molecule has 0 fully saturated rings. The van der Waals surface area contributed by atoms with Gasteiger partial charge in [-0.1, -0.05) is 122 Å². The van der Waals surface area contributed by atoms with Gasteiger partial charge in [0.1, 0.15) is 0 Å². The molecule has 0 N–H and O–H groups in total. The lowest BCUT2D eigenvalue weighted by Crippen LogP contribution is -1.95. The van der Waals surface area contributed by atoms with Gasteiger partial charge in [-0.3, -0.25) is 0 Å². The number of ether oxygens (including phenoxy) is 1. The van der Waals surface area contributed by atoms with Crippen LogP contribution in [0.4, 0.5) is 0 Å². The molecule has 0 unspecified atom stereocenters. The molecule has 0 atom stereocenters. The van der Waals surface area contributed by atoms with E-state index < -0.39 is 0 Å². The van der Waals surface area contributed by atoms with Crippen molar-refractivity contribution in [1.82, 2.24) is 0 Å². The summed E-state index contributed by atoms with van der Waals surface area (Å²) in [5, 5.41) is 0. The van der Waals surface area contributed by atoms with E-state index in [1.165, 1.54) is 95.5 Å². The zero-order valence-electron chi connectivity index (χ0n) is 18.8. The van der Waals surface area contributed by atoms with Gasteiger partial charge in [-0.05, 0) is 31.2 Å². The average Bonchev–Trinajstić information content (AvgIpc) is 2.69. The second-order valence-corrected chi connectivity index (χ2v) is 7.80. The molecule has 0 aromatic heterocycles. The van der Waals surface area contributed by atoms with E-state index in [9.17, 15) is 0 Å². The summed E-state index contributed by atoms with van der Waals surface area (Å²) >= 11 is 0. The van der Waals surface area contributed by atoms with Gasteiger partial charge in [-0.25, -0.2) is 0 Å². The summed E-state index contributed by atoms with van der Waals surface area (Å²) in [4.78, 5) is 0. The molecule has 158 valence electrons. The maximum absolute atomic E-state index is 5.51. The number of hydrogen-bond acceptors (Lipinski definition) is 1. The lowest BCUT2D eigenvalue weighted by Gasteiger charge is -2.04. The third-order valence-electron chi connectivity index (χ3n) is 4.70. The van der Waals surface area contributed by atoms with E-state index in [0.717, 1.165) is 19.6 Å². The van der Waals surface area contributed by atoms with Gasteiger partial charge in [-0.15, -0.1) is 0 Å². The van der Waals surface area contributed by atoms with Crippen molar-refractivity contribution in [1.29, 1.82) is 0 Å². The van der Waals surface area contributed by atoms with Crippen LogP contribution < -0.4 is 0 Å². The molecular weight excluding hydrogens is 328 g/mol. The van der Waals surface area contributed by atoms with E-state index in [1.54, 1.807) is 0 Å². The largest absolute Gasteiger partial charge is 0.381 e. The van der Waals surface area contributed by atoms with Crippen LogP contribution in [0.1, 0.15) is 116 Å². The van der Waals surface area contributed by atoms with Crippen LogP contribution in [0, 0.1) is 0 Å². The second kappa shape index (κ2) is 23.2. The van der Waals surface area contributed by atoms with Crippen molar-refractivity contribution in [3.8, 4) is 0 Å². The number of benzene rings is 1. The number of rotatable bonds is 17. The fraction of sp³-hybridized carbons (Fsp3) is 0.769. The molecule has 1 nitrogen and oxygen atoms in total. The van der Waals surface area contributed by atoms with Crippen LogP contribution in [0.25, 0.3) is 0 Å².